The summed E-state index contributed by atoms with van der Waals surface area (Å²) >= 11 is 0. The van der Waals surface area contributed by atoms with Gasteiger partial charge in [-0.15, -0.1) is 0 Å². The molecular formula is C18H26N4O3. The van der Waals surface area contributed by atoms with Crippen molar-refractivity contribution in [3.63, 3.8) is 0 Å². The quantitative estimate of drug-likeness (QED) is 0.869. The summed E-state index contributed by atoms with van der Waals surface area (Å²) < 4.78 is 6.67. The molecule has 1 atom stereocenters. The van der Waals surface area contributed by atoms with Crippen molar-refractivity contribution < 1.29 is 9.53 Å². The molecule has 1 unspecified atom stereocenters. The van der Waals surface area contributed by atoms with Crippen molar-refractivity contribution in [3.05, 3.63) is 40.4 Å². The van der Waals surface area contributed by atoms with Gasteiger partial charge in [-0.1, -0.05) is 12.1 Å². The number of carbonyl (C=O) groups is 1. The lowest BCUT2D eigenvalue weighted by atomic mass is 10.1. The topological polar surface area (TPSA) is 85.2 Å². The van der Waals surface area contributed by atoms with E-state index in [0.717, 1.165) is 0 Å². The third-order valence-electron chi connectivity index (χ3n) is 3.63. The number of hydrogen-bond donors (Lipinski definition) is 2. The third kappa shape index (κ3) is 4.79. The van der Waals surface area contributed by atoms with Crippen molar-refractivity contribution in [1.82, 2.24) is 20.2 Å². The van der Waals surface area contributed by atoms with Crippen LogP contribution in [-0.2, 0) is 11.3 Å². The van der Waals surface area contributed by atoms with Crippen molar-refractivity contribution in [2.75, 3.05) is 13.7 Å². The summed E-state index contributed by atoms with van der Waals surface area (Å²) in [6.07, 6.45) is 0. The maximum atomic E-state index is 12.8. The molecule has 136 valence electrons. The van der Waals surface area contributed by atoms with Gasteiger partial charge in [0, 0.05) is 12.6 Å². The first-order valence-corrected chi connectivity index (χ1v) is 8.30. The Bertz CT molecular complexity index is 808. The molecule has 1 heterocycles. The fraction of sp³-hybridized carbons (Fsp3) is 0.500. The van der Waals surface area contributed by atoms with E-state index in [9.17, 15) is 9.59 Å². The lowest BCUT2D eigenvalue weighted by Gasteiger charge is -2.24. The Labute approximate surface area is 147 Å². The van der Waals surface area contributed by atoms with Crippen molar-refractivity contribution >= 4 is 16.9 Å². The summed E-state index contributed by atoms with van der Waals surface area (Å²) in [5, 5.41) is 6.24. The number of carbonyl (C=O) groups excluding carboxylic acids is 1. The SMILES string of the molecule is COCCn1c(C(C)NC(=O)NC(C)(C)C)nc2ccccc2c1=O. The number of ether oxygens (including phenoxy) is 1. The van der Waals surface area contributed by atoms with E-state index in [1.54, 1.807) is 23.8 Å². The van der Waals surface area contributed by atoms with Gasteiger partial charge in [0.25, 0.3) is 5.56 Å². The Morgan fingerprint density at radius 1 is 1.32 bits per heavy atom. The number of methoxy groups -OCH3 is 1. The molecule has 1 aromatic carbocycles. The van der Waals surface area contributed by atoms with E-state index in [1.807, 2.05) is 39.8 Å². The average Bonchev–Trinajstić information content (AvgIpc) is 2.52. The Morgan fingerprint density at radius 2 is 2.00 bits per heavy atom. The number of fused-ring (bicyclic) bond motifs is 1. The zero-order chi connectivity index (χ0) is 18.6. The minimum absolute atomic E-state index is 0.137. The van der Waals surface area contributed by atoms with Crippen molar-refractivity contribution in [2.24, 2.45) is 0 Å². The zero-order valence-electron chi connectivity index (χ0n) is 15.4. The first kappa shape index (κ1) is 18.9. The summed E-state index contributed by atoms with van der Waals surface area (Å²) in [5.41, 5.74) is 0.125. The molecule has 0 aliphatic heterocycles. The highest BCUT2D eigenvalue weighted by atomic mass is 16.5. The molecule has 0 bridgehead atoms. The molecule has 7 nitrogen and oxygen atoms in total. The summed E-state index contributed by atoms with van der Waals surface area (Å²) in [6, 6.07) is 6.45. The third-order valence-corrected chi connectivity index (χ3v) is 3.63. The zero-order valence-corrected chi connectivity index (χ0v) is 15.4. The average molecular weight is 346 g/mol. The Morgan fingerprint density at radius 3 is 2.64 bits per heavy atom. The van der Waals surface area contributed by atoms with Gasteiger partial charge >= 0.3 is 6.03 Å². The fourth-order valence-corrected chi connectivity index (χ4v) is 2.55. The lowest BCUT2D eigenvalue weighted by molar-refractivity contribution is 0.184. The number of aromatic nitrogens is 2. The van der Waals surface area contributed by atoms with Crippen LogP contribution in [0.1, 0.15) is 39.6 Å². The van der Waals surface area contributed by atoms with Crippen LogP contribution in [0.25, 0.3) is 10.9 Å². The van der Waals surface area contributed by atoms with Crippen LogP contribution in [0, 0.1) is 0 Å². The summed E-state index contributed by atoms with van der Waals surface area (Å²) in [5.74, 6) is 0.504. The molecule has 0 aliphatic carbocycles. The monoisotopic (exact) mass is 346 g/mol. The molecule has 25 heavy (non-hydrogen) atoms. The fourth-order valence-electron chi connectivity index (χ4n) is 2.55. The molecule has 2 aromatic rings. The van der Waals surface area contributed by atoms with E-state index in [1.165, 1.54) is 0 Å². The predicted molar refractivity (Wildman–Crippen MR) is 97.7 cm³/mol. The number of rotatable bonds is 5. The normalized spacial score (nSPS) is 12.8. The van der Waals surface area contributed by atoms with Crippen molar-refractivity contribution in [2.45, 2.75) is 45.8 Å². The highest BCUT2D eigenvalue weighted by Gasteiger charge is 2.20. The van der Waals surface area contributed by atoms with E-state index >= 15 is 0 Å². The van der Waals surface area contributed by atoms with E-state index in [2.05, 4.69) is 15.6 Å². The first-order valence-electron chi connectivity index (χ1n) is 8.30. The lowest BCUT2D eigenvalue weighted by Crippen LogP contribution is -2.47. The molecule has 0 saturated carbocycles. The smallest absolute Gasteiger partial charge is 0.315 e. The molecule has 2 amide bonds. The molecule has 0 radical (unpaired) electrons. The van der Waals surface area contributed by atoms with Crippen molar-refractivity contribution in [3.8, 4) is 0 Å². The second-order valence-electron chi connectivity index (χ2n) is 7.01. The number of hydrogen-bond acceptors (Lipinski definition) is 4. The summed E-state index contributed by atoms with van der Waals surface area (Å²) in [4.78, 5) is 29.6. The number of nitrogens with one attached hydrogen (secondary N) is 2. The van der Waals surface area contributed by atoms with Crippen LogP contribution in [0.4, 0.5) is 4.79 Å². The van der Waals surface area contributed by atoms with Gasteiger partial charge in [-0.2, -0.15) is 0 Å². The standard InChI is InChI=1S/C18H26N4O3/c1-12(19-17(24)21-18(2,3)4)15-20-14-9-7-6-8-13(14)16(23)22(15)10-11-25-5/h6-9,12H,10-11H2,1-5H3,(H2,19,21,24). The van der Waals surface area contributed by atoms with Gasteiger partial charge in [-0.3, -0.25) is 9.36 Å². The second-order valence-corrected chi connectivity index (χ2v) is 7.01. The molecule has 2 N–H and O–H groups in total. The van der Waals surface area contributed by atoms with Gasteiger partial charge in [0.1, 0.15) is 5.82 Å². The van der Waals surface area contributed by atoms with E-state index < -0.39 is 6.04 Å². The minimum atomic E-state index is -0.434. The van der Waals surface area contributed by atoms with Gasteiger partial charge in [-0.25, -0.2) is 9.78 Å². The highest BCUT2D eigenvalue weighted by Crippen LogP contribution is 2.14. The highest BCUT2D eigenvalue weighted by molar-refractivity contribution is 5.78. The summed E-state index contributed by atoms with van der Waals surface area (Å²) in [7, 11) is 1.58. The first-order chi connectivity index (χ1) is 11.7. The van der Waals surface area contributed by atoms with Gasteiger partial charge < -0.3 is 15.4 Å². The van der Waals surface area contributed by atoms with Gasteiger partial charge in [0.15, 0.2) is 0 Å². The molecule has 7 heteroatoms. The van der Waals surface area contributed by atoms with Crippen LogP contribution < -0.4 is 16.2 Å². The molecule has 0 spiro atoms. The maximum Gasteiger partial charge on any atom is 0.315 e. The minimum Gasteiger partial charge on any atom is -0.383 e. The molecule has 0 aliphatic rings. The van der Waals surface area contributed by atoms with E-state index in [0.29, 0.717) is 29.9 Å². The Hall–Kier alpha value is -2.41. The Kier molecular flexibility index (Phi) is 5.79. The van der Waals surface area contributed by atoms with Crippen LogP contribution in [0.3, 0.4) is 0 Å². The molecule has 2 rings (SSSR count). The largest absolute Gasteiger partial charge is 0.383 e. The van der Waals surface area contributed by atoms with E-state index in [4.69, 9.17) is 4.74 Å². The van der Waals surface area contributed by atoms with E-state index in [-0.39, 0.29) is 17.1 Å². The number of amides is 2. The number of para-hydroxylation sites is 1. The second kappa shape index (κ2) is 7.65. The van der Waals surface area contributed by atoms with Gasteiger partial charge in [0.2, 0.25) is 0 Å². The number of urea groups is 1. The molecular weight excluding hydrogens is 320 g/mol. The van der Waals surface area contributed by atoms with Gasteiger partial charge in [0.05, 0.1) is 30.1 Å². The molecule has 0 saturated heterocycles. The maximum absolute atomic E-state index is 12.8. The van der Waals surface area contributed by atoms with Crippen LogP contribution in [-0.4, -0.2) is 34.8 Å². The van der Waals surface area contributed by atoms with Crippen LogP contribution in [0.5, 0.6) is 0 Å². The van der Waals surface area contributed by atoms with Crippen LogP contribution >= 0.6 is 0 Å². The van der Waals surface area contributed by atoms with Gasteiger partial charge in [-0.05, 0) is 39.8 Å². The van der Waals surface area contributed by atoms with Crippen LogP contribution in [0.15, 0.2) is 29.1 Å². The predicted octanol–water partition coefficient (Wildman–Crippen LogP) is 2.20. The van der Waals surface area contributed by atoms with Crippen LogP contribution in [0.2, 0.25) is 0 Å². The Balaban J connectivity index is 2.40. The molecule has 0 fully saturated rings. The molecule has 1 aromatic heterocycles. The number of benzene rings is 1. The number of nitrogens with zero attached hydrogens (tertiary/aromatic N) is 2. The summed E-state index contributed by atoms with van der Waals surface area (Å²) in [6.45, 7) is 8.27. The van der Waals surface area contributed by atoms with Crippen molar-refractivity contribution in [1.29, 1.82) is 0 Å².